The molecule has 1 unspecified atom stereocenters. The van der Waals surface area contributed by atoms with Crippen molar-refractivity contribution in [1.82, 2.24) is 10.8 Å². The highest BCUT2D eigenvalue weighted by Gasteiger charge is 2.23. The maximum atomic E-state index is 10.7. The predicted molar refractivity (Wildman–Crippen MR) is 35.7 cm³/mol. The van der Waals surface area contributed by atoms with Crippen LogP contribution in [-0.4, -0.2) is 23.1 Å². The summed E-state index contributed by atoms with van der Waals surface area (Å²) in [5, 5.41) is 10.7. The topological polar surface area (TPSA) is 78.4 Å². The van der Waals surface area contributed by atoms with Crippen molar-refractivity contribution in [1.29, 1.82) is 0 Å². The zero-order valence-corrected chi connectivity index (χ0v) is 5.96. The number of carbonyl (C=O) groups excluding carboxylic acids is 2. The van der Waals surface area contributed by atoms with Crippen LogP contribution in [0.3, 0.4) is 0 Å². The standard InChI is InChI=1S/C6H10N2O3/c9-5-3-1-2-4(7-5)6(10)8-11/h4,11H,1-3H2,(H,7,9)(H,8,10). The summed E-state index contributed by atoms with van der Waals surface area (Å²) in [5.74, 6) is -0.678. The van der Waals surface area contributed by atoms with Crippen LogP contribution < -0.4 is 10.8 Å². The van der Waals surface area contributed by atoms with Crippen LogP contribution in [0, 0.1) is 0 Å². The SMILES string of the molecule is O=C1CCCC(C(=O)NO)N1. The number of rotatable bonds is 1. The lowest BCUT2D eigenvalue weighted by Gasteiger charge is -2.20. The summed E-state index contributed by atoms with van der Waals surface area (Å²) >= 11 is 0. The van der Waals surface area contributed by atoms with Crippen LogP contribution in [-0.2, 0) is 9.59 Å². The van der Waals surface area contributed by atoms with E-state index in [1.165, 1.54) is 5.48 Å². The minimum atomic E-state index is -0.554. The number of hydrogen-bond donors (Lipinski definition) is 3. The van der Waals surface area contributed by atoms with Crippen LogP contribution in [0.1, 0.15) is 19.3 Å². The zero-order chi connectivity index (χ0) is 8.27. The summed E-state index contributed by atoms with van der Waals surface area (Å²) in [4.78, 5) is 21.5. The van der Waals surface area contributed by atoms with Gasteiger partial charge in [-0.3, -0.25) is 14.8 Å². The van der Waals surface area contributed by atoms with Gasteiger partial charge in [0.1, 0.15) is 6.04 Å². The fourth-order valence-electron chi connectivity index (χ4n) is 1.08. The van der Waals surface area contributed by atoms with E-state index in [0.29, 0.717) is 19.3 Å². The fourth-order valence-corrected chi connectivity index (χ4v) is 1.08. The van der Waals surface area contributed by atoms with Crippen molar-refractivity contribution in [3.8, 4) is 0 Å². The molecule has 1 aliphatic heterocycles. The number of hydrogen-bond acceptors (Lipinski definition) is 3. The Balaban J connectivity index is 2.45. The van der Waals surface area contributed by atoms with Gasteiger partial charge >= 0.3 is 0 Å². The Kier molecular flexibility index (Phi) is 2.43. The summed E-state index contributed by atoms with van der Waals surface area (Å²) in [6, 6.07) is -0.554. The first-order chi connectivity index (χ1) is 5.24. The van der Waals surface area contributed by atoms with E-state index < -0.39 is 11.9 Å². The van der Waals surface area contributed by atoms with E-state index in [-0.39, 0.29) is 5.91 Å². The Labute approximate surface area is 63.7 Å². The maximum absolute atomic E-state index is 10.7. The highest BCUT2D eigenvalue weighted by atomic mass is 16.5. The van der Waals surface area contributed by atoms with Crippen LogP contribution in [0.4, 0.5) is 0 Å². The van der Waals surface area contributed by atoms with Gasteiger partial charge in [0.2, 0.25) is 5.91 Å². The molecule has 1 aliphatic rings. The first kappa shape index (κ1) is 8.00. The molecule has 5 heteroatoms. The third-order valence-corrected chi connectivity index (χ3v) is 1.66. The predicted octanol–water partition coefficient (Wildman–Crippen LogP) is -0.840. The molecule has 0 aromatic rings. The Bertz CT molecular complexity index is 181. The van der Waals surface area contributed by atoms with Crippen LogP contribution >= 0.6 is 0 Å². The Hall–Kier alpha value is -1.10. The Morgan fingerprint density at radius 2 is 2.45 bits per heavy atom. The van der Waals surface area contributed by atoms with Gasteiger partial charge in [0.05, 0.1) is 0 Å². The molecule has 2 amide bonds. The van der Waals surface area contributed by atoms with Crippen molar-refractivity contribution in [2.24, 2.45) is 0 Å². The number of hydroxylamine groups is 1. The normalized spacial score (nSPS) is 24.1. The van der Waals surface area contributed by atoms with E-state index >= 15 is 0 Å². The van der Waals surface area contributed by atoms with E-state index in [1.54, 1.807) is 0 Å². The van der Waals surface area contributed by atoms with Crippen molar-refractivity contribution in [2.45, 2.75) is 25.3 Å². The molecule has 0 bridgehead atoms. The Morgan fingerprint density at radius 1 is 1.73 bits per heavy atom. The smallest absolute Gasteiger partial charge is 0.265 e. The summed E-state index contributed by atoms with van der Waals surface area (Å²) in [6.45, 7) is 0. The number of carbonyl (C=O) groups is 2. The number of piperidine rings is 1. The van der Waals surface area contributed by atoms with E-state index in [9.17, 15) is 9.59 Å². The number of nitrogens with one attached hydrogen (secondary N) is 2. The van der Waals surface area contributed by atoms with Crippen molar-refractivity contribution in [2.75, 3.05) is 0 Å². The van der Waals surface area contributed by atoms with Crippen molar-refractivity contribution >= 4 is 11.8 Å². The highest BCUT2D eigenvalue weighted by molar-refractivity contribution is 5.87. The third-order valence-electron chi connectivity index (χ3n) is 1.66. The van der Waals surface area contributed by atoms with Crippen LogP contribution in [0.15, 0.2) is 0 Å². The number of amides is 2. The molecule has 0 aliphatic carbocycles. The fraction of sp³-hybridized carbons (Fsp3) is 0.667. The first-order valence-electron chi connectivity index (χ1n) is 3.47. The van der Waals surface area contributed by atoms with E-state index in [4.69, 9.17) is 5.21 Å². The van der Waals surface area contributed by atoms with Crippen LogP contribution in [0.25, 0.3) is 0 Å². The quantitative estimate of drug-likeness (QED) is 0.344. The zero-order valence-electron chi connectivity index (χ0n) is 5.96. The lowest BCUT2D eigenvalue weighted by Crippen LogP contribution is -2.48. The van der Waals surface area contributed by atoms with Gasteiger partial charge in [-0.1, -0.05) is 0 Å². The molecular weight excluding hydrogens is 148 g/mol. The van der Waals surface area contributed by atoms with E-state index in [1.807, 2.05) is 0 Å². The van der Waals surface area contributed by atoms with Crippen molar-refractivity contribution in [3.63, 3.8) is 0 Å². The van der Waals surface area contributed by atoms with E-state index in [0.717, 1.165) is 0 Å². The molecule has 3 N–H and O–H groups in total. The largest absolute Gasteiger partial charge is 0.344 e. The molecule has 1 rings (SSSR count). The molecule has 1 saturated heterocycles. The second-order valence-electron chi connectivity index (χ2n) is 2.49. The average molecular weight is 158 g/mol. The molecule has 62 valence electrons. The molecule has 0 aromatic carbocycles. The molecule has 1 atom stereocenters. The summed E-state index contributed by atoms with van der Waals surface area (Å²) in [5.41, 5.74) is 1.50. The minimum absolute atomic E-state index is 0.134. The van der Waals surface area contributed by atoms with Crippen molar-refractivity contribution < 1.29 is 14.8 Å². The maximum Gasteiger partial charge on any atom is 0.265 e. The van der Waals surface area contributed by atoms with E-state index in [2.05, 4.69) is 5.32 Å². The monoisotopic (exact) mass is 158 g/mol. The lowest BCUT2D eigenvalue weighted by molar-refractivity contribution is -0.136. The minimum Gasteiger partial charge on any atom is -0.344 e. The molecule has 1 fully saturated rings. The highest BCUT2D eigenvalue weighted by Crippen LogP contribution is 2.07. The van der Waals surface area contributed by atoms with Crippen LogP contribution in [0.2, 0.25) is 0 Å². The van der Waals surface area contributed by atoms with Gasteiger partial charge in [0.15, 0.2) is 0 Å². The lowest BCUT2D eigenvalue weighted by atomic mass is 10.0. The summed E-state index contributed by atoms with van der Waals surface area (Å²) in [7, 11) is 0. The average Bonchev–Trinajstić information content (AvgIpc) is 2.03. The van der Waals surface area contributed by atoms with Gasteiger partial charge in [0, 0.05) is 6.42 Å². The molecule has 5 nitrogen and oxygen atoms in total. The molecule has 11 heavy (non-hydrogen) atoms. The van der Waals surface area contributed by atoms with Crippen LogP contribution in [0.5, 0.6) is 0 Å². The third kappa shape index (κ3) is 1.91. The molecule has 1 heterocycles. The van der Waals surface area contributed by atoms with Gasteiger partial charge in [-0.25, -0.2) is 5.48 Å². The molecule has 0 radical (unpaired) electrons. The summed E-state index contributed by atoms with van der Waals surface area (Å²) < 4.78 is 0. The second-order valence-corrected chi connectivity index (χ2v) is 2.49. The molecule has 0 spiro atoms. The summed E-state index contributed by atoms with van der Waals surface area (Å²) in [6.07, 6.45) is 1.76. The molecule has 0 aromatic heterocycles. The van der Waals surface area contributed by atoms with Gasteiger partial charge in [-0.2, -0.15) is 0 Å². The molecular formula is C6H10N2O3. The van der Waals surface area contributed by atoms with Gasteiger partial charge in [0.25, 0.3) is 5.91 Å². The van der Waals surface area contributed by atoms with Gasteiger partial charge < -0.3 is 5.32 Å². The van der Waals surface area contributed by atoms with Gasteiger partial charge in [-0.05, 0) is 12.8 Å². The van der Waals surface area contributed by atoms with Crippen molar-refractivity contribution in [3.05, 3.63) is 0 Å². The molecule has 0 saturated carbocycles. The van der Waals surface area contributed by atoms with Gasteiger partial charge in [-0.15, -0.1) is 0 Å². The first-order valence-corrected chi connectivity index (χ1v) is 3.47. The second kappa shape index (κ2) is 3.34. The Morgan fingerprint density at radius 3 is 3.00 bits per heavy atom.